The van der Waals surface area contributed by atoms with Crippen LogP contribution in [0.5, 0.6) is 0 Å². The number of anilines is 2. The second kappa shape index (κ2) is 11.9. The Balaban J connectivity index is 1.67. The van der Waals surface area contributed by atoms with Gasteiger partial charge in [0.1, 0.15) is 0 Å². The van der Waals surface area contributed by atoms with Crippen LogP contribution in [0.15, 0.2) is 54.9 Å². The highest BCUT2D eigenvalue weighted by Gasteiger charge is 2.39. The summed E-state index contributed by atoms with van der Waals surface area (Å²) in [7, 11) is 1.43. The number of rotatable bonds is 6. The van der Waals surface area contributed by atoms with Crippen LogP contribution in [-0.2, 0) is 38.7 Å². The predicted molar refractivity (Wildman–Crippen MR) is 145 cm³/mol. The summed E-state index contributed by atoms with van der Waals surface area (Å²) in [5, 5.41) is 11.9. The fourth-order valence-corrected chi connectivity index (χ4v) is 5.53. The Morgan fingerprint density at radius 3 is 2.13 bits per heavy atom. The quantitative estimate of drug-likeness (QED) is 0.203. The van der Waals surface area contributed by atoms with Gasteiger partial charge in [-0.15, -0.1) is 5.10 Å². The molecule has 0 aliphatic carbocycles. The van der Waals surface area contributed by atoms with E-state index in [1.54, 1.807) is 29.4 Å². The molecular weight excluding hydrogens is 617 g/mol. The summed E-state index contributed by atoms with van der Waals surface area (Å²) < 4.78 is 124. The van der Waals surface area contributed by atoms with E-state index in [0.29, 0.717) is 30.7 Å². The van der Waals surface area contributed by atoms with E-state index in [1.165, 1.54) is 24.9 Å². The molecular formula is C29H26F9N7. The molecule has 4 aromatic rings. The minimum atomic E-state index is -5.07. The summed E-state index contributed by atoms with van der Waals surface area (Å²) in [6, 6.07) is 6.29. The second-order valence-corrected chi connectivity index (χ2v) is 10.8. The van der Waals surface area contributed by atoms with Gasteiger partial charge in [0.15, 0.2) is 0 Å². The summed E-state index contributed by atoms with van der Waals surface area (Å²) >= 11 is 0. The molecule has 2 aromatic heterocycles. The lowest BCUT2D eigenvalue weighted by Gasteiger charge is -2.33. The molecule has 2 aromatic carbocycles. The van der Waals surface area contributed by atoms with Crippen molar-refractivity contribution in [3.8, 4) is 0 Å². The van der Waals surface area contributed by atoms with Gasteiger partial charge >= 0.3 is 18.5 Å². The molecule has 1 atom stereocenters. The normalized spacial score (nSPS) is 16.0. The van der Waals surface area contributed by atoms with Gasteiger partial charge < -0.3 is 9.80 Å². The monoisotopic (exact) mass is 643 g/mol. The number of aromatic nitrogens is 5. The standard InChI is InChI=1S/C29H26F9N7/c1-17-9-22-24(6-4-8-44(15-18-5-3-7-39-14-18)25(22)13-23(17)29(36,37)38)45(26-40-42-43(2)41-26)16-19-10-20(27(30,31)32)12-21(11-19)28(33,34)35/h3,5,7,9-14,24H,4,6,8,15-16H2,1-2H3. The van der Waals surface area contributed by atoms with Gasteiger partial charge in [0.05, 0.1) is 29.8 Å². The molecule has 7 nitrogen and oxygen atoms in total. The van der Waals surface area contributed by atoms with Crippen LogP contribution in [0.4, 0.5) is 51.1 Å². The first-order valence-corrected chi connectivity index (χ1v) is 13.7. The van der Waals surface area contributed by atoms with Gasteiger partial charge in [-0.05, 0) is 77.6 Å². The molecule has 3 heterocycles. The Morgan fingerprint density at radius 1 is 0.889 bits per heavy atom. The van der Waals surface area contributed by atoms with Gasteiger partial charge in [0.25, 0.3) is 5.95 Å². The largest absolute Gasteiger partial charge is 0.416 e. The van der Waals surface area contributed by atoms with Crippen molar-refractivity contribution in [2.45, 2.75) is 57.4 Å². The van der Waals surface area contributed by atoms with Crippen molar-refractivity contribution < 1.29 is 39.5 Å². The summed E-state index contributed by atoms with van der Waals surface area (Å²) in [5.41, 5.74) is -2.96. The van der Waals surface area contributed by atoms with E-state index in [1.807, 2.05) is 0 Å². The molecule has 0 amide bonds. The smallest absolute Gasteiger partial charge is 0.367 e. The third kappa shape index (κ3) is 7.14. The van der Waals surface area contributed by atoms with Gasteiger partial charge in [-0.2, -0.15) is 44.3 Å². The van der Waals surface area contributed by atoms with Crippen LogP contribution in [-0.4, -0.2) is 31.7 Å². The Bertz CT molecular complexity index is 1610. The number of fused-ring (bicyclic) bond motifs is 1. The first-order chi connectivity index (χ1) is 21.0. The Kier molecular flexibility index (Phi) is 8.44. The zero-order chi connectivity index (χ0) is 32.7. The van der Waals surface area contributed by atoms with Crippen molar-refractivity contribution in [1.82, 2.24) is 25.2 Å². The Hall–Kier alpha value is -4.37. The van der Waals surface area contributed by atoms with Gasteiger partial charge in [0.2, 0.25) is 0 Å². The van der Waals surface area contributed by atoms with Crippen LogP contribution in [0.2, 0.25) is 0 Å². The highest BCUT2D eigenvalue weighted by Crippen LogP contribution is 2.44. The number of pyridine rings is 1. The summed E-state index contributed by atoms with van der Waals surface area (Å²) in [6.07, 6.45) is -11.0. The van der Waals surface area contributed by atoms with Crippen LogP contribution in [0.25, 0.3) is 0 Å². The number of nitrogens with zero attached hydrogens (tertiary/aromatic N) is 7. The molecule has 240 valence electrons. The molecule has 0 saturated heterocycles. The molecule has 0 fully saturated rings. The van der Waals surface area contributed by atoms with Gasteiger partial charge in [-0.25, -0.2) is 0 Å². The average molecular weight is 644 g/mol. The van der Waals surface area contributed by atoms with Crippen LogP contribution < -0.4 is 9.80 Å². The van der Waals surface area contributed by atoms with E-state index in [4.69, 9.17) is 0 Å². The first kappa shape index (κ1) is 32.0. The number of hydrogen-bond acceptors (Lipinski definition) is 6. The third-order valence-corrected chi connectivity index (χ3v) is 7.51. The summed E-state index contributed by atoms with van der Waals surface area (Å²) in [5.74, 6) is -0.113. The molecule has 0 bridgehead atoms. The highest BCUT2D eigenvalue weighted by molar-refractivity contribution is 5.62. The zero-order valence-electron chi connectivity index (χ0n) is 23.8. The molecule has 5 rings (SSSR count). The number of benzene rings is 2. The molecule has 45 heavy (non-hydrogen) atoms. The highest BCUT2D eigenvalue weighted by atomic mass is 19.4. The van der Waals surface area contributed by atoms with Crippen LogP contribution in [0.3, 0.4) is 0 Å². The predicted octanol–water partition coefficient (Wildman–Crippen LogP) is 7.52. The van der Waals surface area contributed by atoms with E-state index in [0.717, 1.165) is 16.4 Å². The van der Waals surface area contributed by atoms with Crippen LogP contribution in [0, 0.1) is 6.92 Å². The van der Waals surface area contributed by atoms with Crippen molar-refractivity contribution in [2.24, 2.45) is 7.05 Å². The number of aryl methyl sites for hydroxylation is 2. The second-order valence-electron chi connectivity index (χ2n) is 10.8. The lowest BCUT2D eigenvalue weighted by atomic mass is 9.94. The number of halogens is 9. The molecule has 1 unspecified atom stereocenters. The number of tetrazole rings is 1. The molecule has 16 heteroatoms. The van der Waals surface area contributed by atoms with E-state index in [-0.39, 0.29) is 41.8 Å². The van der Waals surface area contributed by atoms with Gasteiger partial charge in [-0.1, -0.05) is 17.2 Å². The molecule has 0 N–H and O–H groups in total. The Morgan fingerprint density at radius 2 is 1.58 bits per heavy atom. The molecule has 0 radical (unpaired) electrons. The molecule has 0 saturated carbocycles. The maximum Gasteiger partial charge on any atom is 0.416 e. The van der Waals surface area contributed by atoms with Crippen molar-refractivity contribution >= 4 is 11.6 Å². The van der Waals surface area contributed by atoms with Crippen molar-refractivity contribution in [3.63, 3.8) is 0 Å². The minimum absolute atomic E-state index is 0.0354. The van der Waals surface area contributed by atoms with E-state index >= 15 is 0 Å². The maximum absolute atomic E-state index is 14.1. The average Bonchev–Trinajstić information content (AvgIpc) is 3.30. The number of hydrogen-bond donors (Lipinski definition) is 0. The lowest BCUT2D eigenvalue weighted by molar-refractivity contribution is -0.143. The summed E-state index contributed by atoms with van der Waals surface area (Å²) in [6.45, 7) is 1.29. The first-order valence-electron chi connectivity index (χ1n) is 13.7. The van der Waals surface area contributed by atoms with E-state index in [2.05, 4.69) is 20.4 Å². The summed E-state index contributed by atoms with van der Waals surface area (Å²) in [4.78, 5) is 8.30. The third-order valence-electron chi connectivity index (χ3n) is 7.51. The van der Waals surface area contributed by atoms with Gasteiger partial charge in [0, 0.05) is 37.7 Å². The van der Waals surface area contributed by atoms with Crippen LogP contribution in [0.1, 0.15) is 57.8 Å². The minimum Gasteiger partial charge on any atom is -0.367 e. The fraction of sp³-hybridized carbons (Fsp3) is 0.379. The zero-order valence-corrected chi connectivity index (χ0v) is 23.8. The van der Waals surface area contributed by atoms with Crippen molar-refractivity contribution in [1.29, 1.82) is 0 Å². The number of alkyl halides is 9. The van der Waals surface area contributed by atoms with Crippen molar-refractivity contribution in [3.05, 3.63) is 93.8 Å². The molecule has 0 spiro atoms. The van der Waals surface area contributed by atoms with Crippen molar-refractivity contribution in [2.75, 3.05) is 16.3 Å². The lowest BCUT2D eigenvalue weighted by Crippen LogP contribution is -2.30. The van der Waals surface area contributed by atoms with Crippen LogP contribution >= 0.6 is 0 Å². The SMILES string of the molecule is Cc1cc2c(cc1C(F)(F)F)N(Cc1cccnc1)CCCC2N(Cc1cc(C(F)(F)F)cc(C(F)(F)F)c1)c1nnn(C)n1. The van der Waals surface area contributed by atoms with E-state index < -0.39 is 47.8 Å². The fourth-order valence-electron chi connectivity index (χ4n) is 5.53. The molecule has 1 aliphatic heterocycles. The van der Waals surface area contributed by atoms with E-state index in [9.17, 15) is 39.5 Å². The van der Waals surface area contributed by atoms with Gasteiger partial charge in [-0.3, -0.25) is 4.98 Å². The molecule has 1 aliphatic rings. The maximum atomic E-state index is 14.1. The topological polar surface area (TPSA) is 63.0 Å². The Labute approximate surface area is 251 Å².